The Bertz CT molecular complexity index is 483. The first kappa shape index (κ1) is 7.61. The first-order chi connectivity index (χ1) is 5.70. The van der Waals surface area contributed by atoms with Crippen molar-refractivity contribution in [3.8, 4) is 0 Å². The van der Waals surface area contributed by atoms with Crippen LogP contribution in [0.15, 0.2) is 27.7 Å². The van der Waals surface area contributed by atoms with Crippen molar-refractivity contribution in [1.82, 2.24) is 9.55 Å². The molecule has 0 saturated carbocycles. The van der Waals surface area contributed by atoms with Gasteiger partial charge < -0.3 is 9.55 Å². The number of nitrogens with zero attached hydrogens (tertiary/aromatic N) is 1. The van der Waals surface area contributed by atoms with Gasteiger partial charge in [0.2, 0.25) is 0 Å². The van der Waals surface area contributed by atoms with E-state index < -0.39 is 0 Å². The molecule has 0 aliphatic rings. The van der Waals surface area contributed by atoms with E-state index in [1.54, 1.807) is 10.8 Å². The molecule has 2 rings (SSSR count). The summed E-state index contributed by atoms with van der Waals surface area (Å²) in [6.07, 6.45) is 3.52. The Labute approximate surface area is 77.1 Å². The third kappa shape index (κ3) is 0.914. The number of hydrogen-bond donors (Lipinski definition) is 1. The minimum Gasteiger partial charge on any atom is -0.346 e. The van der Waals surface area contributed by atoms with Crippen LogP contribution in [0, 0.1) is 0 Å². The fraction of sp³-hybridized carbons (Fsp3) is 0.125. The molecular weight excluding hydrogens is 220 g/mol. The lowest BCUT2D eigenvalue weighted by Gasteiger charge is -1.95. The molecule has 0 bridgehead atoms. The van der Waals surface area contributed by atoms with Crippen molar-refractivity contribution in [2.24, 2.45) is 7.05 Å². The molecule has 0 fully saturated rings. The van der Waals surface area contributed by atoms with E-state index >= 15 is 0 Å². The van der Waals surface area contributed by atoms with Gasteiger partial charge in [0.05, 0.1) is 0 Å². The molecule has 0 unspecified atom stereocenters. The van der Waals surface area contributed by atoms with Gasteiger partial charge in [0.1, 0.15) is 5.52 Å². The van der Waals surface area contributed by atoms with Gasteiger partial charge in [-0.2, -0.15) is 0 Å². The molecule has 12 heavy (non-hydrogen) atoms. The highest BCUT2D eigenvalue weighted by Crippen LogP contribution is 2.19. The fourth-order valence-electron chi connectivity index (χ4n) is 1.28. The summed E-state index contributed by atoms with van der Waals surface area (Å²) in [5.74, 6) is 0. The number of nitrogens with one attached hydrogen (secondary N) is 1. The van der Waals surface area contributed by atoms with Crippen molar-refractivity contribution >= 4 is 26.8 Å². The van der Waals surface area contributed by atoms with Crippen molar-refractivity contribution in [2.75, 3.05) is 0 Å². The molecule has 0 radical (unpaired) electrons. The quantitative estimate of drug-likeness (QED) is 0.729. The Morgan fingerprint density at radius 3 is 3.00 bits per heavy atom. The van der Waals surface area contributed by atoms with Gasteiger partial charge in [-0.15, -0.1) is 0 Å². The summed E-state index contributed by atoms with van der Waals surface area (Å²) in [7, 11) is 1.85. The molecule has 0 saturated heterocycles. The van der Waals surface area contributed by atoms with Crippen LogP contribution >= 0.6 is 15.9 Å². The summed E-state index contributed by atoms with van der Waals surface area (Å²) in [6.45, 7) is 0. The summed E-state index contributed by atoms with van der Waals surface area (Å²) >= 11 is 3.36. The number of pyridine rings is 1. The number of rotatable bonds is 0. The number of aromatic nitrogens is 2. The van der Waals surface area contributed by atoms with E-state index in [1.165, 1.54) is 0 Å². The monoisotopic (exact) mass is 226 g/mol. The second-order valence-corrected chi connectivity index (χ2v) is 3.51. The van der Waals surface area contributed by atoms with Crippen LogP contribution in [0.3, 0.4) is 0 Å². The zero-order chi connectivity index (χ0) is 8.72. The van der Waals surface area contributed by atoms with Crippen LogP contribution in [0.25, 0.3) is 10.9 Å². The fourth-order valence-corrected chi connectivity index (χ4v) is 1.71. The summed E-state index contributed by atoms with van der Waals surface area (Å²) in [5, 5.41) is 0.946. The largest absolute Gasteiger partial charge is 0.346 e. The predicted molar refractivity (Wildman–Crippen MR) is 51.2 cm³/mol. The van der Waals surface area contributed by atoms with Crippen LogP contribution in [0.2, 0.25) is 0 Å². The van der Waals surface area contributed by atoms with Crippen molar-refractivity contribution in [1.29, 1.82) is 0 Å². The van der Waals surface area contributed by atoms with Crippen molar-refractivity contribution in [2.45, 2.75) is 0 Å². The Hall–Kier alpha value is -1.03. The molecule has 0 atom stereocenters. The molecule has 0 amide bonds. The molecule has 4 heteroatoms. The van der Waals surface area contributed by atoms with E-state index in [2.05, 4.69) is 20.9 Å². The number of hydrogen-bond acceptors (Lipinski definition) is 1. The lowest BCUT2D eigenvalue weighted by Crippen LogP contribution is -2.08. The average Bonchev–Trinajstić information content (AvgIpc) is 2.42. The van der Waals surface area contributed by atoms with Gasteiger partial charge in [-0.3, -0.25) is 4.79 Å². The van der Waals surface area contributed by atoms with Crippen LogP contribution < -0.4 is 5.56 Å². The van der Waals surface area contributed by atoms with E-state index in [-0.39, 0.29) is 5.56 Å². The summed E-state index contributed by atoms with van der Waals surface area (Å²) < 4.78 is 2.72. The summed E-state index contributed by atoms with van der Waals surface area (Å²) in [4.78, 5) is 14.0. The van der Waals surface area contributed by atoms with Gasteiger partial charge in [-0.05, 0) is 22.0 Å². The van der Waals surface area contributed by atoms with Crippen LogP contribution in [-0.2, 0) is 7.05 Å². The highest BCUT2D eigenvalue weighted by atomic mass is 79.9. The second kappa shape index (κ2) is 2.48. The Morgan fingerprint density at radius 1 is 1.58 bits per heavy atom. The van der Waals surface area contributed by atoms with E-state index in [1.807, 2.05) is 19.3 Å². The highest BCUT2D eigenvalue weighted by molar-refractivity contribution is 9.10. The molecular formula is C8H7BrN2O. The predicted octanol–water partition coefficient (Wildman–Crippen LogP) is 1.63. The first-order valence-corrected chi connectivity index (χ1v) is 4.31. The third-order valence-electron chi connectivity index (χ3n) is 1.88. The van der Waals surface area contributed by atoms with Gasteiger partial charge in [0.25, 0.3) is 5.56 Å². The van der Waals surface area contributed by atoms with E-state index in [0.29, 0.717) is 5.52 Å². The number of fused-ring (bicyclic) bond motifs is 1. The van der Waals surface area contributed by atoms with Crippen LogP contribution in [0.4, 0.5) is 0 Å². The Morgan fingerprint density at radius 2 is 2.33 bits per heavy atom. The molecule has 0 spiro atoms. The number of H-pyrrole nitrogens is 1. The second-order valence-electron chi connectivity index (χ2n) is 2.65. The van der Waals surface area contributed by atoms with Crippen LogP contribution in [-0.4, -0.2) is 9.55 Å². The van der Waals surface area contributed by atoms with E-state index in [4.69, 9.17) is 0 Å². The maximum atomic E-state index is 11.3. The molecule has 2 aromatic rings. The molecule has 62 valence electrons. The molecule has 0 aromatic carbocycles. The zero-order valence-corrected chi connectivity index (χ0v) is 8.05. The van der Waals surface area contributed by atoms with Crippen molar-refractivity contribution in [3.63, 3.8) is 0 Å². The third-order valence-corrected chi connectivity index (χ3v) is 2.53. The van der Waals surface area contributed by atoms with Gasteiger partial charge in [0.15, 0.2) is 0 Å². The number of aryl methyl sites for hydroxylation is 1. The summed E-state index contributed by atoms with van der Waals surface area (Å²) in [6, 6.07) is 1.91. The summed E-state index contributed by atoms with van der Waals surface area (Å²) in [5.41, 5.74) is 0.644. The Kier molecular flexibility index (Phi) is 1.58. The maximum absolute atomic E-state index is 11.3. The SMILES string of the molecule is Cn1ccc2c(Br)c[nH]c(=O)c21. The first-order valence-electron chi connectivity index (χ1n) is 3.52. The molecule has 2 heterocycles. The molecule has 1 N–H and O–H groups in total. The normalized spacial score (nSPS) is 10.8. The van der Waals surface area contributed by atoms with Crippen LogP contribution in [0.5, 0.6) is 0 Å². The van der Waals surface area contributed by atoms with Gasteiger partial charge in [-0.25, -0.2) is 0 Å². The zero-order valence-electron chi connectivity index (χ0n) is 6.47. The minimum atomic E-state index is -0.0549. The van der Waals surface area contributed by atoms with E-state index in [0.717, 1.165) is 9.86 Å². The number of aromatic amines is 1. The highest BCUT2D eigenvalue weighted by Gasteiger charge is 2.04. The van der Waals surface area contributed by atoms with Crippen molar-refractivity contribution in [3.05, 3.63) is 33.3 Å². The standard InChI is InChI=1S/C8H7BrN2O/c1-11-3-2-5-6(9)4-10-8(12)7(5)11/h2-4H,1H3,(H,10,12). The average molecular weight is 227 g/mol. The lowest BCUT2D eigenvalue weighted by molar-refractivity contribution is 0.957. The maximum Gasteiger partial charge on any atom is 0.272 e. The number of halogens is 1. The Balaban J connectivity index is 3.09. The van der Waals surface area contributed by atoms with Crippen LogP contribution in [0.1, 0.15) is 0 Å². The van der Waals surface area contributed by atoms with Gasteiger partial charge >= 0.3 is 0 Å². The molecule has 3 nitrogen and oxygen atoms in total. The molecule has 0 aliphatic carbocycles. The molecule has 0 aliphatic heterocycles. The van der Waals surface area contributed by atoms with Crippen molar-refractivity contribution < 1.29 is 0 Å². The van der Waals surface area contributed by atoms with Gasteiger partial charge in [0, 0.05) is 29.3 Å². The lowest BCUT2D eigenvalue weighted by atomic mass is 10.3. The van der Waals surface area contributed by atoms with E-state index in [9.17, 15) is 4.79 Å². The molecule has 2 aromatic heterocycles. The topological polar surface area (TPSA) is 37.8 Å². The van der Waals surface area contributed by atoms with Gasteiger partial charge in [-0.1, -0.05) is 0 Å². The smallest absolute Gasteiger partial charge is 0.272 e. The minimum absolute atomic E-state index is 0.0549.